The van der Waals surface area contributed by atoms with Gasteiger partial charge in [0, 0.05) is 17.0 Å². The highest BCUT2D eigenvalue weighted by atomic mass is 16.3. The standard InChI is InChI=1S/C20H26O2/c1-6-7-16(17-10-8-12(2)14(4)19(17)21)18-11-9-13(3)15(5)20(18)22/h8-11,16,21-22H,6-7H2,1-5H3. The summed E-state index contributed by atoms with van der Waals surface area (Å²) in [6.07, 6.45) is 1.88. The van der Waals surface area contributed by atoms with Crippen molar-refractivity contribution in [1.29, 1.82) is 0 Å². The lowest BCUT2D eigenvalue weighted by molar-refractivity contribution is 0.445. The number of aromatic hydroxyl groups is 2. The maximum atomic E-state index is 10.6. The van der Waals surface area contributed by atoms with E-state index >= 15 is 0 Å². The summed E-state index contributed by atoms with van der Waals surface area (Å²) in [6.45, 7) is 10.0. The normalized spacial score (nSPS) is 11.2. The fraction of sp³-hybridized carbons (Fsp3) is 0.400. The smallest absolute Gasteiger partial charge is 0.122 e. The van der Waals surface area contributed by atoms with Crippen LogP contribution in [0, 0.1) is 27.7 Å². The highest BCUT2D eigenvalue weighted by Gasteiger charge is 2.22. The molecule has 2 rings (SSSR count). The van der Waals surface area contributed by atoms with E-state index in [9.17, 15) is 10.2 Å². The molecule has 2 heteroatoms. The van der Waals surface area contributed by atoms with Gasteiger partial charge in [-0.1, -0.05) is 37.6 Å². The van der Waals surface area contributed by atoms with Crippen molar-refractivity contribution in [2.75, 3.05) is 0 Å². The van der Waals surface area contributed by atoms with E-state index in [0.717, 1.165) is 46.2 Å². The molecule has 2 aromatic carbocycles. The second-order valence-corrected chi connectivity index (χ2v) is 6.23. The van der Waals surface area contributed by atoms with Gasteiger partial charge in [0.1, 0.15) is 11.5 Å². The summed E-state index contributed by atoms with van der Waals surface area (Å²) in [7, 11) is 0. The Morgan fingerprint density at radius 1 is 0.773 bits per heavy atom. The number of phenols is 2. The molecule has 22 heavy (non-hydrogen) atoms. The maximum Gasteiger partial charge on any atom is 0.122 e. The van der Waals surface area contributed by atoms with Crippen LogP contribution < -0.4 is 0 Å². The maximum absolute atomic E-state index is 10.6. The van der Waals surface area contributed by atoms with Crippen molar-refractivity contribution in [2.24, 2.45) is 0 Å². The van der Waals surface area contributed by atoms with Crippen LogP contribution in [0.1, 0.15) is 59.1 Å². The van der Waals surface area contributed by atoms with Gasteiger partial charge in [-0.05, 0) is 56.4 Å². The minimum atomic E-state index is 0.0172. The van der Waals surface area contributed by atoms with Crippen molar-refractivity contribution in [3.8, 4) is 11.5 Å². The Morgan fingerprint density at radius 2 is 1.18 bits per heavy atom. The van der Waals surface area contributed by atoms with Crippen LogP contribution in [-0.2, 0) is 0 Å². The molecule has 0 heterocycles. The molecule has 0 saturated carbocycles. The summed E-state index contributed by atoms with van der Waals surface area (Å²) in [5.74, 6) is 0.732. The third-order valence-corrected chi connectivity index (χ3v) is 4.79. The summed E-state index contributed by atoms with van der Waals surface area (Å²) in [5.41, 5.74) is 5.82. The molecular formula is C20H26O2. The lowest BCUT2D eigenvalue weighted by Crippen LogP contribution is -2.04. The van der Waals surface area contributed by atoms with Crippen LogP contribution in [0.15, 0.2) is 24.3 Å². The van der Waals surface area contributed by atoms with E-state index in [1.807, 2.05) is 52.0 Å². The molecule has 0 spiro atoms. The molecule has 118 valence electrons. The summed E-state index contributed by atoms with van der Waals surface area (Å²) < 4.78 is 0. The molecule has 0 atom stereocenters. The fourth-order valence-corrected chi connectivity index (χ4v) is 2.97. The van der Waals surface area contributed by atoms with E-state index in [-0.39, 0.29) is 5.92 Å². The Morgan fingerprint density at radius 3 is 1.55 bits per heavy atom. The Labute approximate surface area is 133 Å². The third-order valence-electron chi connectivity index (χ3n) is 4.79. The molecule has 0 saturated heterocycles. The molecular weight excluding hydrogens is 272 g/mol. The van der Waals surface area contributed by atoms with Gasteiger partial charge in [0.05, 0.1) is 0 Å². The van der Waals surface area contributed by atoms with Crippen molar-refractivity contribution in [2.45, 2.75) is 53.4 Å². The zero-order chi connectivity index (χ0) is 16.4. The summed E-state index contributed by atoms with van der Waals surface area (Å²) in [5, 5.41) is 21.1. The summed E-state index contributed by atoms with van der Waals surface area (Å²) in [4.78, 5) is 0. The van der Waals surface area contributed by atoms with Gasteiger partial charge in [-0.25, -0.2) is 0 Å². The largest absolute Gasteiger partial charge is 0.507 e. The van der Waals surface area contributed by atoms with Gasteiger partial charge in [0.25, 0.3) is 0 Å². The van der Waals surface area contributed by atoms with Crippen LogP contribution in [0.25, 0.3) is 0 Å². The van der Waals surface area contributed by atoms with Gasteiger partial charge in [-0.15, -0.1) is 0 Å². The molecule has 0 amide bonds. The molecule has 0 aromatic heterocycles. The van der Waals surface area contributed by atoms with E-state index in [2.05, 4.69) is 6.92 Å². The molecule has 2 N–H and O–H groups in total. The van der Waals surface area contributed by atoms with Crippen molar-refractivity contribution < 1.29 is 10.2 Å². The average molecular weight is 298 g/mol. The highest BCUT2D eigenvalue weighted by Crippen LogP contribution is 2.41. The van der Waals surface area contributed by atoms with Crippen molar-refractivity contribution in [1.82, 2.24) is 0 Å². The predicted molar refractivity (Wildman–Crippen MR) is 91.9 cm³/mol. The van der Waals surface area contributed by atoms with Gasteiger partial charge >= 0.3 is 0 Å². The topological polar surface area (TPSA) is 40.5 Å². The van der Waals surface area contributed by atoms with E-state index in [4.69, 9.17) is 0 Å². The monoisotopic (exact) mass is 298 g/mol. The fourth-order valence-electron chi connectivity index (χ4n) is 2.97. The number of aryl methyl sites for hydroxylation is 2. The Kier molecular flexibility index (Phi) is 4.80. The lowest BCUT2D eigenvalue weighted by atomic mass is 9.83. The van der Waals surface area contributed by atoms with E-state index in [0.29, 0.717) is 11.5 Å². The molecule has 0 fully saturated rings. The van der Waals surface area contributed by atoms with E-state index in [1.165, 1.54) is 0 Å². The zero-order valence-corrected chi connectivity index (χ0v) is 14.2. The molecule has 0 aliphatic carbocycles. The quantitative estimate of drug-likeness (QED) is 0.808. The number of benzene rings is 2. The first kappa shape index (κ1) is 16.4. The van der Waals surface area contributed by atoms with Crippen LogP contribution in [0.2, 0.25) is 0 Å². The Balaban J connectivity index is 2.62. The van der Waals surface area contributed by atoms with Gasteiger partial charge in [-0.2, -0.15) is 0 Å². The minimum Gasteiger partial charge on any atom is -0.507 e. The highest BCUT2D eigenvalue weighted by molar-refractivity contribution is 5.53. The second-order valence-electron chi connectivity index (χ2n) is 6.23. The van der Waals surface area contributed by atoms with Crippen molar-refractivity contribution in [3.63, 3.8) is 0 Å². The number of hydrogen-bond acceptors (Lipinski definition) is 2. The third kappa shape index (κ3) is 2.83. The molecule has 0 unspecified atom stereocenters. The van der Waals surface area contributed by atoms with Crippen LogP contribution in [0.5, 0.6) is 11.5 Å². The van der Waals surface area contributed by atoms with Crippen LogP contribution >= 0.6 is 0 Å². The van der Waals surface area contributed by atoms with Crippen LogP contribution in [0.3, 0.4) is 0 Å². The predicted octanol–water partition coefficient (Wildman–Crippen LogP) is 5.26. The van der Waals surface area contributed by atoms with Crippen LogP contribution in [0.4, 0.5) is 0 Å². The average Bonchev–Trinajstić information content (AvgIpc) is 2.50. The molecule has 0 radical (unpaired) electrons. The first-order valence-electron chi connectivity index (χ1n) is 7.96. The number of hydrogen-bond donors (Lipinski definition) is 2. The van der Waals surface area contributed by atoms with Crippen molar-refractivity contribution >= 4 is 0 Å². The zero-order valence-electron chi connectivity index (χ0n) is 14.2. The van der Waals surface area contributed by atoms with Gasteiger partial charge in [-0.3, -0.25) is 0 Å². The van der Waals surface area contributed by atoms with Crippen LogP contribution in [-0.4, -0.2) is 10.2 Å². The second kappa shape index (κ2) is 6.43. The lowest BCUT2D eigenvalue weighted by Gasteiger charge is -2.22. The van der Waals surface area contributed by atoms with Crippen molar-refractivity contribution in [3.05, 3.63) is 57.6 Å². The molecule has 0 aliphatic rings. The Hall–Kier alpha value is -1.96. The number of phenolic OH excluding ortho intramolecular Hbond substituents is 2. The molecule has 0 bridgehead atoms. The molecule has 0 aliphatic heterocycles. The van der Waals surface area contributed by atoms with E-state index in [1.54, 1.807) is 0 Å². The summed E-state index contributed by atoms with van der Waals surface area (Å²) in [6, 6.07) is 8.08. The van der Waals surface area contributed by atoms with Gasteiger partial charge < -0.3 is 10.2 Å². The van der Waals surface area contributed by atoms with Gasteiger partial charge in [0.15, 0.2) is 0 Å². The first-order chi connectivity index (χ1) is 10.4. The number of rotatable bonds is 4. The first-order valence-corrected chi connectivity index (χ1v) is 7.96. The molecule has 2 nitrogen and oxygen atoms in total. The summed E-state index contributed by atoms with van der Waals surface area (Å²) >= 11 is 0. The molecule has 2 aromatic rings. The SMILES string of the molecule is CCCC(c1ccc(C)c(C)c1O)c1ccc(C)c(C)c1O. The minimum absolute atomic E-state index is 0.0172. The van der Waals surface area contributed by atoms with Gasteiger partial charge in [0.2, 0.25) is 0 Å². The van der Waals surface area contributed by atoms with E-state index < -0.39 is 0 Å². The Bertz CT molecular complexity index is 629.